The molecular formula is C24H37N3O. The van der Waals surface area contributed by atoms with E-state index in [0.717, 1.165) is 32.6 Å². The van der Waals surface area contributed by atoms with Gasteiger partial charge in [-0.3, -0.25) is 14.6 Å². The van der Waals surface area contributed by atoms with E-state index in [2.05, 4.69) is 45.0 Å². The minimum atomic E-state index is 0.245. The molecule has 0 saturated carbocycles. The molecule has 1 aromatic carbocycles. The lowest BCUT2D eigenvalue weighted by Crippen LogP contribution is -2.51. The molecule has 1 aromatic rings. The number of rotatable bonds is 4. The van der Waals surface area contributed by atoms with Gasteiger partial charge in [-0.15, -0.1) is 0 Å². The van der Waals surface area contributed by atoms with E-state index >= 15 is 0 Å². The zero-order valence-corrected chi connectivity index (χ0v) is 17.4. The van der Waals surface area contributed by atoms with Crippen molar-refractivity contribution in [1.82, 2.24) is 14.7 Å². The molecule has 0 N–H and O–H groups in total. The maximum atomic E-state index is 13.1. The number of benzene rings is 1. The summed E-state index contributed by atoms with van der Waals surface area (Å²) in [7, 11) is 0. The van der Waals surface area contributed by atoms with Crippen molar-refractivity contribution in [3.8, 4) is 0 Å². The molecule has 4 heteroatoms. The van der Waals surface area contributed by atoms with Crippen LogP contribution in [0, 0.1) is 5.92 Å². The van der Waals surface area contributed by atoms with Gasteiger partial charge in [0.15, 0.2) is 0 Å². The molecule has 3 saturated heterocycles. The third-order valence-corrected chi connectivity index (χ3v) is 7.04. The van der Waals surface area contributed by atoms with Gasteiger partial charge in [0.05, 0.1) is 5.92 Å². The topological polar surface area (TPSA) is 26.8 Å². The van der Waals surface area contributed by atoms with Crippen molar-refractivity contribution in [3.05, 3.63) is 35.9 Å². The first kappa shape index (κ1) is 19.9. The second kappa shape index (κ2) is 9.89. The molecule has 0 aromatic heterocycles. The molecule has 3 aliphatic heterocycles. The number of likely N-dealkylation sites (tertiary alicyclic amines) is 3. The van der Waals surface area contributed by atoms with Crippen LogP contribution in [0.5, 0.6) is 0 Å². The molecule has 0 radical (unpaired) electrons. The van der Waals surface area contributed by atoms with Crippen LogP contribution in [0.25, 0.3) is 0 Å². The van der Waals surface area contributed by atoms with Crippen LogP contribution < -0.4 is 0 Å². The Hall–Kier alpha value is -1.39. The van der Waals surface area contributed by atoms with Gasteiger partial charge in [0.1, 0.15) is 0 Å². The monoisotopic (exact) mass is 383 g/mol. The standard InChI is InChI=1S/C24H37N3O/c28-24(26-14-6-1-2-7-15-26)22-11-8-16-27(20-22)23-12-17-25(18-13-23)19-21-9-4-3-5-10-21/h3-5,9-10,22-23H,1-2,6-8,11-20H2. The van der Waals surface area contributed by atoms with Crippen LogP contribution in [-0.4, -0.2) is 65.9 Å². The average Bonchev–Trinajstić information content (AvgIpc) is 3.04. The van der Waals surface area contributed by atoms with Gasteiger partial charge in [0.25, 0.3) is 0 Å². The van der Waals surface area contributed by atoms with Crippen LogP contribution in [0.2, 0.25) is 0 Å². The molecule has 3 fully saturated rings. The summed E-state index contributed by atoms with van der Waals surface area (Å²) in [4.78, 5) is 20.5. The van der Waals surface area contributed by atoms with Crippen molar-refractivity contribution in [3.63, 3.8) is 0 Å². The molecule has 3 aliphatic rings. The zero-order chi connectivity index (χ0) is 19.2. The van der Waals surface area contributed by atoms with Gasteiger partial charge in [-0.2, -0.15) is 0 Å². The van der Waals surface area contributed by atoms with Crippen molar-refractivity contribution < 1.29 is 4.79 Å². The van der Waals surface area contributed by atoms with Crippen LogP contribution in [0.1, 0.15) is 56.9 Å². The van der Waals surface area contributed by atoms with Gasteiger partial charge in [0, 0.05) is 32.2 Å². The van der Waals surface area contributed by atoms with Gasteiger partial charge in [-0.05, 0) is 63.7 Å². The Bertz CT molecular complexity index is 604. The summed E-state index contributed by atoms with van der Waals surface area (Å²) in [5.74, 6) is 0.697. The van der Waals surface area contributed by atoms with Crippen LogP contribution >= 0.6 is 0 Å². The maximum absolute atomic E-state index is 13.1. The van der Waals surface area contributed by atoms with Crippen LogP contribution in [0.4, 0.5) is 0 Å². The van der Waals surface area contributed by atoms with Crippen molar-refractivity contribution in [2.45, 2.75) is 64.0 Å². The molecule has 0 aliphatic carbocycles. The number of amides is 1. The summed E-state index contributed by atoms with van der Waals surface area (Å²) in [6, 6.07) is 11.5. The van der Waals surface area contributed by atoms with Gasteiger partial charge in [0.2, 0.25) is 5.91 Å². The number of carbonyl (C=O) groups is 1. The van der Waals surface area contributed by atoms with Crippen LogP contribution in [0.3, 0.4) is 0 Å². The highest BCUT2D eigenvalue weighted by Crippen LogP contribution is 2.26. The molecule has 0 spiro atoms. The molecule has 4 rings (SSSR count). The number of hydrogen-bond acceptors (Lipinski definition) is 3. The van der Waals surface area contributed by atoms with E-state index in [1.54, 1.807) is 0 Å². The summed E-state index contributed by atoms with van der Waals surface area (Å²) in [5.41, 5.74) is 1.42. The average molecular weight is 384 g/mol. The third-order valence-electron chi connectivity index (χ3n) is 7.04. The lowest BCUT2D eigenvalue weighted by Gasteiger charge is -2.42. The lowest BCUT2D eigenvalue weighted by atomic mass is 9.92. The number of hydrogen-bond donors (Lipinski definition) is 0. The van der Waals surface area contributed by atoms with Crippen LogP contribution in [-0.2, 0) is 11.3 Å². The minimum absolute atomic E-state index is 0.245. The van der Waals surface area contributed by atoms with E-state index in [0.29, 0.717) is 11.9 Å². The molecule has 0 bridgehead atoms. The Balaban J connectivity index is 1.26. The lowest BCUT2D eigenvalue weighted by molar-refractivity contribution is -0.137. The largest absolute Gasteiger partial charge is 0.342 e. The minimum Gasteiger partial charge on any atom is -0.342 e. The first-order valence-corrected chi connectivity index (χ1v) is 11.6. The molecule has 1 atom stereocenters. The third kappa shape index (κ3) is 5.15. The smallest absolute Gasteiger partial charge is 0.226 e. The molecule has 28 heavy (non-hydrogen) atoms. The fourth-order valence-electron chi connectivity index (χ4n) is 5.37. The normalized spacial score (nSPS) is 26.1. The highest BCUT2D eigenvalue weighted by atomic mass is 16.2. The SMILES string of the molecule is O=C(C1CCCN(C2CCN(Cc3ccccc3)CC2)C1)N1CCCCCC1. The highest BCUT2D eigenvalue weighted by molar-refractivity contribution is 5.79. The van der Waals surface area contributed by atoms with Gasteiger partial charge < -0.3 is 4.90 Å². The Morgan fingerprint density at radius 2 is 1.54 bits per heavy atom. The summed E-state index contributed by atoms with van der Waals surface area (Å²) in [6.45, 7) is 7.61. The zero-order valence-electron chi connectivity index (χ0n) is 17.4. The fraction of sp³-hybridized carbons (Fsp3) is 0.708. The van der Waals surface area contributed by atoms with E-state index in [4.69, 9.17) is 0 Å². The predicted molar refractivity (Wildman–Crippen MR) is 114 cm³/mol. The summed E-state index contributed by atoms with van der Waals surface area (Å²) < 4.78 is 0. The fourth-order valence-corrected chi connectivity index (χ4v) is 5.37. The van der Waals surface area contributed by atoms with Gasteiger partial charge >= 0.3 is 0 Å². The molecule has 3 heterocycles. The molecular weight excluding hydrogens is 346 g/mol. The van der Waals surface area contributed by atoms with Crippen molar-refractivity contribution in [1.29, 1.82) is 0 Å². The van der Waals surface area contributed by atoms with E-state index in [1.165, 1.54) is 70.1 Å². The number of piperidine rings is 2. The van der Waals surface area contributed by atoms with Crippen LogP contribution in [0.15, 0.2) is 30.3 Å². The Morgan fingerprint density at radius 3 is 2.25 bits per heavy atom. The first-order valence-electron chi connectivity index (χ1n) is 11.6. The van der Waals surface area contributed by atoms with E-state index in [9.17, 15) is 4.79 Å². The molecule has 1 amide bonds. The predicted octanol–water partition coefficient (Wildman–Crippen LogP) is 3.77. The Morgan fingerprint density at radius 1 is 0.821 bits per heavy atom. The van der Waals surface area contributed by atoms with Crippen molar-refractivity contribution >= 4 is 5.91 Å². The van der Waals surface area contributed by atoms with E-state index < -0.39 is 0 Å². The van der Waals surface area contributed by atoms with E-state index in [1.807, 2.05) is 0 Å². The van der Waals surface area contributed by atoms with Crippen molar-refractivity contribution in [2.24, 2.45) is 5.92 Å². The Kier molecular flexibility index (Phi) is 7.03. The second-order valence-corrected chi connectivity index (χ2v) is 9.07. The summed E-state index contributed by atoms with van der Waals surface area (Å²) >= 11 is 0. The molecule has 154 valence electrons. The van der Waals surface area contributed by atoms with Gasteiger partial charge in [-0.1, -0.05) is 43.2 Å². The summed E-state index contributed by atoms with van der Waals surface area (Å²) in [5, 5.41) is 0. The number of carbonyl (C=O) groups excluding carboxylic acids is 1. The quantitative estimate of drug-likeness (QED) is 0.792. The number of nitrogens with zero attached hydrogens (tertiary/aromatic N) is 3. The van der Waals surface area contributed by atoms with Crippen molar-refractivity contribution in [2.75, 3.05) is 39.3 Å². The maximum Gasteiger partial charge on any atom is 0.226 e. The second-order valence-electron chi connectivity index (χ2n) is 9.07. The molecule has 4 nitrogen and oxygen atoms in total. The Labute approximate surface area is 170 Å². The van der Waals surface area contributed by atoms with Gasteiger partial charge in [-0.25, -0.2) is 0 Å². The highest BCUT2D eigenvalue weighted by Gasteiger charge is 2.33. The first-order chi connectivity index (χ1) is 13.8. The summed E-state index contributed by atoms with van der Waals surface area (Å²) in [6.07, 6.45) is 9.76. The van der Waals surface area contributed by atoms with E-state index in [-0.39, 0.29) is 5.92 Å². The molecule has 1 unspecified atom stereocenters.